The van der Waals surface area contributed by atoms with E-state index in [0.717, 1.165) is 24.2 Å². The molecule has 19 heavy (non-hydrogen) atoms. The van der Waals surface area contributed by atoms with Crippen LogP contribution in [0.2, 0.25) is 0 Å². The smallest absolute Gasteiger partial charge is 0.310 e. The first-order valence-electron chi connectivity index (χ1n) is 6.45. The summed E-state index contributed by atoms with van der Waals surface area (Å²) in [6.45, 7) is 7.15. The van der Waals surface area contributed by atoms with Crippen LogP contribution >= 0.6 is 0 Å². The van der Waals surface area contributed by atoms with Crippen molar-refractivity contribution in [1.29, 1.82) is 0 Å². The molecule has 0 unspecified atom stereocenters. The molecule has 0 aliphatic rings. The predicted octanol–water partition coefficient (Wildman–Crippen LogP) is 2.25. The van der Waals surface area contributed by atoms with E-state index in [1.165, 1.54) is 0 Å². The van der Waals surface area contributed by atoms with Crippen molar-refractivity contribution in [1.82, 2.24) is 5.32 Å². The summed E-state index contributed by atoms with van der Waals surface area (Å²) in [5.41, 5.74) is 0.0221. The van der Waals surface area contributed by atoms with E-state index < -0.39 is 11.4 Å². The molecule has 0 fully saturated rings. The number of nitrogens with one attached hydrogen (secondary N) is 1. The van der Waals surface area contributed by atoms with Crippen LogP contribution in [0.25, 0.3) is 0 Å². The summed E-state index contributed by atoms with van der Waals surface area (Å²) in [6, 6.07) is 1.72. The average molecular weight is 267 g/mol. The zero-order chi connectivity index (χ0) is 14.6. The zero-order valence-corrected chi connectivity index (χ0v) is 11.9. The Labute approximate surface area is 113 Å². The minimum Gasteiger partial charge on any atom is -0.481 e. The lowest BCUT2D eigenvalue weighted by atomic mass is 9.94. The Morgan fingerprint density at radius 3 is 2.37 bits per heavy atom. The van der Waals surface area contributed by atoms with Crippen molar-refractivity contribution < 1.29 is 19.1 Å². The number of amides is 1. The lowest BCUT2D eigenvalue weighted by Crippen LogP contribution is -2.38. The zero-order valence-electron chi connectivity index (χ0n) is 11.9. The second-order valence-corrected chi connectivity index (χ2v) is 5.14. The molecule has 1 aromatic heterocycles. The first-order chi connectivity index (χ1) is 8.81. The van der Waals surface area contributed by atoms with E-state index in [9.17, 15) is 9.59 Å². The summed E-state index contributed by atoms with van der Waals surface area (Å²) in [5.74, 6) is -0.264. The molecule has 0 aromatic carbocycles. The van der Waals surface area contributed by atoms with Crippen molar-refractivity contribution in [3.8, 4) is 0 Å². The molecule has 0 saturated carbocycles. The number of rotatable bonds is 6. The van der Waals surface area contributed by atoms with Gasteiger partial charge in [0.15, 0.2) is 5.76 Å². The lowest BCUT2D eigenvalue weighted by Gasteiger charge is -2.18. The van der Waals surface area contributed by atoms with Gasteiger partial charge in [0.25, 0.3) is 5.91 Å². The minimum atomic E-state index is -0.997. The van der Waals surface area contributed by atoms with Gasteiger partial charge in [-0.05, 0) is 31.9 Å². The third kappa shape index (κ3) is 3.59. The number of aryl methyl sites for hydroxylation is 2. The summed E-state index contributed by atoms with van der Waals surface area (Å²) in [4.78, 5) is 22.9. The van der Waals surface area contributed by atoms with Crippen molar-refractivity contribution in [3.05, 3.63) is 23.2 Å². The molecule has 5 heteroatoms. The molecule has 0 bridgehead atoms. The molecule has 1 aromatic rings. The molecule has 0 spiro atoms. The molecule has 0 saturated heterocycles. The van der Waals surface area contributed by atoms with E-state index in [4.69, 9.17) is 9.52 Å². The van der Waals surface area contributed by atoms with Crippen LogP contribution in [-0.2, 0) is 17.6 Å². The monoisotopic (exact) mass is 267 g/mol. The van der Waals surface area contributed by atoms with Gasteiger partial charge in [-0.1, -0.05) is 13.8 Å². The molecular weight excluding hydrogens is 246 g/mol. The summed E-state index contributed by atoms with van der Waals surface area (Å²) >= 11 is 0. The second kappa shape index (κ2) is 5.91. The van der Waals surface area contributed by atoms with Crippen LogP contribution in [0, 0.1) is 5.41 Å². The van der Waals surface area contributed by atoms with Crippen LogP contribution in [0.5, 0.6) is 0 Å². The highest BCUT2D eigenvalue weighted by Gasteiger charge is 2.28. The van der Waals surface area contributed by atoms with Gasteiger partial charge in [0.1, 0.15) is 5.76 Å². The van der Waals surface area contributed by atoms with E-state index in [2.05, 4.69) is 5.32 Å². The van der Waals surface area contributed by atoms with Crippen LogP contribution < -0.4 is 5.32 Å². The van der Waals surface area contributed by atoms with Gasteiger partial charge in [0.2, 0.25) is 0 Å². The van der Waals surface area contributed by atoms with Gasteiger partial charge in [0, 0.05) is 13.0 Å². The largest absolute Gasteiger partial charge is 0.481 e. The van der Waals surface area contributed by atoms with Gasteiger partial charge in [-0.3, -0.25) is 9.59 Å². The Kier molecular flexibility index (Phi) is 4.75. The van der Waals surface area contributed by atoms with E-state index in [1.54, 1.807) is 19.9 Å². The van der Waals surface area contributed by atoms with Gasteiger partial charge < -0.3 is 14.8 Å². The van der Waals surface area contributed by atoms with Crippen molar-refractivity contribution >= 4 is 11.9 Å². The summed E-state index contributed by atoms with van der Waals surface area (Å²) in [5, 5.41) is 11.6. The van der Waals surface area contributed by atoms with Gasteiger partial charge in [0.05, 0.1) is 5.41 Å². The van der Waals surface area contributed by atoms with Crippen LogP contribution in [0.15, 0.2) is 10.5 Å². The number of aliphatic carboxylic acids is 1. The highest BCUT2D eigenvalue weighted by atomic mass is 16.4. The number of hydrogen-bond acceptors (Lipinski definition) is 3. The Morgan fingerprint density at radius 2 is 1.95 bits per heavy atom. The Balaban J connectivity index is 2.74. The normalized spacial score (nSPS) is 11.4. The number of carboxylic acid groups (broad SMARTS) is 1. The molecule has 1 heterocycles. The maximum absolute atomic E-state index is 11.9. The highest BCUT2D eigenvalue weighted by Crippen LogP contribution is 2.18. The Hall–Kier alpha value is -1.78. The fourth-order valence-electron chi connectivity index (χ4n) is 1.64. The van der Waals surface area contributed by atoms with Crippen LogP contribution in [0.4, 0.5) is 0 Å². The van der Waals surface area contributed by atoms with Gasteiger partial charge >= 0.3 is 5.97 Å². The van der Waals surface area contributed by atoms with Gasteiger partial charge in [-0.25, -0.2) is 0 Å². The van der Waals surface area contributed by atoms with E-state index in [-0.39, 0.29) is 18.2 Å². The summed E-state index contributed by atoms with van der Waals surface area (Å²) in [7, 11) is 0. The molecule has 1 rings (SSSR count). The van der Waals surface area contributed by atoms with Crippen molar-refractivity contribution in [2.75, 3.05) is 6.54 Å². The number of carbonyl (C=O) groups excluding carboxylic acids is 1. The molecule has 0 aliphatic heterocycles. The van der Waals surface area contributed by atoms with Gasteiger partial charge in [-0.2, -0.15) is 0 Å². The fraction of sp³-hybridized carbons (Fsp3) is 0.571. The molecule has 2 N–H and O–H groups in total. The minimum absolute atomic E-state index is 0.0603. The first kappa shape index (κ1) is 15.3. The quantitative estimate of drug-likeness (QED) is 0.828. The van der Waals surface area contributed by atoms with Crippen LogP contribution in [0.3, 0.4) is 0 Å². The number of carbonyl (C=O) groups is 2. The SMILES string of the molecule is CCc1cc(C(=O)NCC(C)(C)C(=O)O)oc1CC. The third-order valence-electron chi connectivity index (χ3n) is 3.09. The number of hydrogen-bond donors (Lipinski definition) is 2. The summed E-state index contributed by atoms with van der Waals surface area (Å²) in [6.07, 6.45) is 1.54. The Bertz CT molecular complexity index is 452. The van der Waals surface area contributed by atoms with E-state index >= 15 is 0 Å². The summed E-state index contributed by atoms with van der Waals surface area (Å²) < 4.78 is 5.48. The third-order valence-corrected chi connectivity index (χ3v) is 3.09. The van der Waals surface area contributed by atoms with Crippen molar-refractivity contribution in [3.63, 3.8) is 0 Å². The van der Waals surface area contributed by atoms with Crippen LogP contribution in [0.1, 0.15) is 49.6 Å². The van der Waals surface area contributed by atoms with Gasteiger partial charge in [-0.15, -0.1) is 0 Å². The lowest BCUT2D eigenvalue weighted by molar-refractivity contribution is -0.146. The maximum atomic E-state index is 11.9. The maximum Gasteiger partial charge on any atom is 0.310 e. The topological polar surface area (TPSA) is 79.5 Å². The standard InChI is InChI=1S/C14H21NO4/c1-5-9-7-11(19-10(9)6-2)12(16)15-8-14(3,4)13(17)18/h7H,5-6,8H2,1-4H3,(H,15,16)(H,17,18). The molecule has 0 radical (unpaired) electrons. The molecule has 5 nitrogen and oxygen atoms in total. The average Bonchev–Trinajstić information content (AvgIpc) is 2.79. The first-order valence-corrected chi connectivity index (χ1v) is 6.45. The fourth-order valence-corrected chi connectivity index (χ4v) is 1.64. The Morgan fingerprint density at radius 1 is 1.32 bits per heavy atom. The molecule has 106 valence electrons. The van der Waals surface area contributed by atoms with Crippen LogP contribution in [-0.4, -0.2) is 23.5 Å². The molecular formula is C14H21NO4. The highest BCUT2D eigenvalue weighted by molar-refractivity contribution is 5.92. The second-order valence-electron chi connectivity index (χ2n) is 5.14. The van der Waals surface area contributed by atoms with Crippen molar-refractivity contribution in [2.45, 2.75) is 40.5 Å². The predicted molar refractivity (Wildman–Crippen MR) is 71.2 cm³/mol. The van der Waals surface area contributed by atoms with E-state index in [1.807, 2.05) is 13.8 Å². The molecule has 0 atom stereocenters. The number of furan rings is 1. The van der Waals surface area contributed by atoms with Crippen molar-refractivity contribution in [2.24, 2.45) is 5.41 Å². The van der Waals surface area contributed by atoms with E-state index in [0.29, 0.717) is 0 Å². The number of carboxylic acids is 1. The molecule has 0 aliphatic carbocycles. The molecule has 1 amide bonds.